The minimum atomic E-state index is 0.526. The third-order valence-electron chi connectivity index (χ3n) is 23.8. The maximum Gasteiger partial charge on any atom is 0.166 e. The minimum Gasteiger partial charge on any atom is -0.456 e. The van der Waals surface area contributed by atoms with Gasteiger partial charge in [0, 0.05) is 82.0 Å². The number of aryl methyl sites for hydroxylation is 3. The van der Waals surface area contributed by atoms with Crippen molar-refractivity contribution in [2.75, 3.05) is 0 Å². The van der Waals surface area contributed by atoms with Gasteiger partial charge in [-0.2, -0.15) is 0 Å². The third-order valence-corrected chi connectivity index (χ3v) is 23.8. The second-order valence-electron chi connectivity index (χ2n) is 31.5. The molecule has 0 fully saturated rings. The summed E-state index contributed by atoms with van der Waals surface area (Å²) in [6.07, 6.45) is 0. The number of benzene rings is 17. The van der Waals surface area contributed by atoms with Gasteiger partial charge in [0.05, 0.1) is 33.4 Å². The summed E-state index contributed by atoms with van der Waals surface area (Å²) >= 11 is 0. The van der Waals surface area contributed by atoms with E-state index >= 15 is 0 Å². The van der Waals surface area contributed by atoms with Gasteiger partial charge in [0.15, 0.2) is 34.9 Å². The van der Waals surface area contributed by atoms with Crippen LogP contribution in [0.2, 0.25) is 0 Å². The summed E-state index contributed by atoms with van der Waals surface area (Å²) < 4.78 is 18.9. The molecule has 6 heterocycles. The Balaban J connectivity index is 0.762. The molecule has 6 aromatic heterocycles. The Kier molecular flexibility index (Phi) is 16.7. The second kappa shape index (κ2) is 28.7. The van der Waals surface area contributed by atoms with Crippen LogP contribution in [-0.4, -0.2) is 39.0 Å². The summed E-state index contributed by atoms with van der Waals surface area (Å²) in [5.74, 6) is 3.31. The van der Waals surface area contributed by atoms with E-state index in [4.69, 9.17) is 38.7 Å². The quantitative estimate of drug-likeness (QED) is 0.106. The SMILES string of the molecule is Cc1ccc(-c2cc3c(cc2-c2ccc(-c4ccc(-n5c6ccc(-c7cccc(C)c7)cc6c6cc(-c7cccc(C)c7)ccc65)c(-c5nc(-c6ccccc6)nc(-c6ccccc6)n5)c4)c4c2oc2ccccc24)c2ccccc2n3-c2ccc(-c3cccc4oc5ccccc5c34)cc2-c2nc(-c3ccccc3)nc(-c3ccccc3)n2)cc1. The largest absolute Gasteiger partial charge is 0.456 e. The van der Waals surface area contributed by atoms with Crippen molar-refractivity contribution in [1.82, 2.24) is 39.0 Å². The topological polar surface area (TPSA) is 113 Å². The third kappa shape index (κ3) is 12.2. The molecule has 0 atom stereocenters. The van der Waals surface area contributed by atoms with Crippen molar-refractivity contribution in [2.24, 2.45) is 0 Å². The van der Waals surface area contributed by atoms with Crippen molar-refractivity contribution in [3.05, 3.63) is 399 Å². The van der Waals surface area contributed by atoms with Crippen molar-refractivity contribution in [3.8, 4) is 146 Å². The molecular weight excluding hydrogens is 1480 g/mol. The number of nitrogens with zero attached hydrogens (tertiary/aromatic N) is 8. The molecule has 0 aliphatic rings. The maximum atomic E-state index is 7.48. The number of hydrogen-bond acceptors (Lipinski definition) is 8. The second-order valence-corrected chi connectivity index (χ2v) is 31.5. The van der Waals surface area contributed by atoms with Gasteiger partial charge in [-0.15, -0.1) is 0 Å². The minimum absolute atomic E-state index is 0.526. The van der Waals surface area contributed by atoms with E-state index < -0.39 is 0 Å². The smallest absolute Gasteiger partial charge is 0.166 e. The van der Waals surface area contributed by atoms with Crippen LogP contribution in [0.3, 0.4) is 0 Å². The molecule has 0 amide bonds. The highest BCUT2D eigenvalue weighted by molar-refractivity contribution is 6.20. The van der Waals surface area contributed by atoms with Crippen LogP contribution in [0.15, 0.2) is 391 Å². The van der Waals surface area contributed by atoms with E-state index in [1.807, 2.05) is 84.9 Å². The number of hydrogen-bond donors (Lipinski definition) is 0. The van der Waals surface area contributed by atoms with Crippen molar-refractivity contribution < 1.29 is 8.83 Å². The van der Waals surface area contributed by atoms with Crippen LogP contribution in [0.25, 0.3) is 234 Å². The van der Waals surface area contributed by atoms with Gasteiger partial charge >= 0.3 is 0 Å². The van der Waals surface area contributed by atoms with E-state index in [0.717, 1.165) is 205 Å². The Morgan fingerprint density at radius 3 is 1.11 bits per heavy atom. The van der Waals surface area contributed by atoms with Crippen molar-refractivity contribution in [2.45, 2.75) is 20.8 Å². The molecular formula is C111H72N8O2. The highest BCUT2D eigenvalue weighted by atomic mass is 16.3. The van der Waals surface area contributed by atoms with Gasteiger partial charge in [-0.1, -0.05) is 308 Å². The first-order valence-electron chi connectivity index (χ1n) is 40.9. The Bertz CT molecular complexity index is 7890. The molecule has 0 aliphatic carbocycles. The van der Waals surface area contributed by atoms with Crippen LogP contribution in [0.1, 0.15) is 16.7 Å². The molecule has 121 heavy (non-hydrogen) atoms. The Hall–Kier alpha value is -16.0. The molecule has 568 valence electrons. The normalized spacial score (nSPS) is 11.8. The fourth-order valence-electron chi connectivity index (χ4n) is 18.1. The van der Waals surface area contributed by atoms with Gasteiger partial charge in [0.25, 0.3) is 0 Å². The number of furan rings is 2. The number of aromatic nitrogens is 8. The van der Waals surface area contributed by atoms with Crippen molar-refractivity contribution >= 4 is 87.5 Å². The molecule has 10 nitrogen and oxygen atoms in total. The van der Waals surface area contributed by atoms with E-state index in [1.54, 1.807) is 0 Å². The van der Waals surface area contributed by atoms with Gasteiger partial charge in [0.1, 0.15) is 22.3 Å². The van der Waals surface area contributed by atoms with Gasteiger partial charge < -0.3 is 18.0 Å². The van der Waals surface area contributed by atoms with Crippen LogP contribution in [0.5, 0.6) is 0 Å². The molecule has 0 aliphatic heterocycles. The van der Waals surface area contributed by atoms with Crippen molar-refractivity contribution in [3.63, 3.8) is 0 Å². The summed E-state index contributed by atoms with van der Waals surface area (Å²) in [4.78, 5) is 32.7. The summed E-state index contributed by atoms with van der Waals surface area (Å²) in [5.41, 5.74) is 30.3. The zero-order valence-electron chi connectivity index (χ0n) is 66.3. The molecule has 0 saturated heterocycles. The lowest BCUT2D eigenvalue weighted by Crippen LogP contribution is -2.04. The van der Waals surface area contributed by atoms with E-state index in [1.165, 1.54) is 11.1 Å². The van der Waals surface area contributed by atoms with Gasteiger partial charge in [0.2, 0.25) is 0 Å². The molecule has 0 bridgehead atoms. The highest BCUT2D eigenvalue weighted by Crippen LogP contribution is 2.50. The predicted molar refractivity (Wildman–Crippen MR) is 496 cm³/mol. The Labute approximate surface area is 697 Å². The average molecular weight is 1550 g/mol. The molecule has 10 heteroatoms. The fraction of sp³-hybridized carbons (Fsp3) is 0.0270. The zero-order valence-corrected chi connectivity index (χ0v) is 66.3. The predicted octanol–water partition coefficient (Wildman–Crippen LogP) is 29.0. The van der Waals surface area contributed by atoms with Crippen molar-refractivity contribution in [1.29, 1.82) is 0 Å². The van der Waals surface area contributed by atoms with Crippen LogP contribution < -0.4 is 0 Å². The summed E-state index contributed by atoms with van der Waals surface area (Å²) in [6, 6.07) is 136. The lowest BCUT2D eigenvalue weighted by molar-refractivity contribution is 0.669. The lowest BCUT2D eigenvalue weighted by Gasteiger charge is -2.18. The van der Waals surface area contributed by atoms with Gasteiger partial charge in [-0.25, -0.2) is 29.9 Å². The molecule has 0 N–H and O–H groups in total. The maximum absolute atomic E-state index is 7.48. The number of para-hydroxylation sites is 3. The fourth-order valence-corrected chi connectivity index (χ4v) is 18.1. The van der Waals surface area contributed by atoms with E-state index in [-0.39, 0.29) is 0 Å². The highest BCUT2D eigenvalue weighted by Gasteiger charge is 2.29. The van der Waals surface area contributed by atoms with Crippen LogP contribution in [0, 0.1) is 20.8 Å². The van der Waals surface area contributed by atoms with Crippen LogP contribution >= 0.6 is 0 Å². The first kappa shape index (κ1) is 70.4. The molecule has 0 saturated carbocycles. The lowest BCUT2D eigenvalue weighted by atomic mass is 9.89. The van der Waals surface area contributed by atoms with Gasteiger partial charge in [-0.3, -0.25) is 0 Å². The summed E-state index contributed by atoms with van der Waals surface area (Å²) in [7, 11) is 0. The molecule has 23 aromatic rings. The zero-order chi connectivity index (χ0) is 80.3. The Morgan fingerprint density at radius 1 is 0.190 bits per heavy atom. The first-order chi connectivity index (χ1) is 59.7. The average Bonchev–Trinajstić information content (AvgIpc) is 1.57. The van der Waals surface area contributed by atoms with Gasteiger partial charge in [-0.05, 0) is 173 Å². The molecule has 23 rings (SSSR count). The van der Waals surface area contributed by atoms with Crippen LogP contribution in [0.4, 0.5) is 0 Å². The summed E-state index contributed by atoms with van der Waals surface area (Å²) in [6.45, 7) is 6.46. The molecule has 17 aromatic carbocycles. The molecule has 0 radical (unpaired) electrons. The number of fused-ring (bicyclic) bond motifs is 12. The number of rotatable bonds is 14. The summed E-state index contributed by atoms with van der Waals surface area (Å²) in [5, 5.41) is 8.42. The molecule has 0 unspecified atom stereocenters. The Morgan fingerprint density at radius 2 is 0.579 bits per heavy atom. The standard InChI is InChI=1S/C111H72N8O2/c1-67-45-47-70(48-46-67)87-66-99-91(83-37-16-19-41-94(83)119(99)98-58-51-79(81-40-24-44-102-103(81)85-38-17-20-42-100(85)120-102)63-93(98)111-116-108(73-31-12-6-13-32-73)113-109(117-111)74-33-14-7-15-34-74)65-88(87)84-54-53-82(104-86-39-18-21-43-101(86)121-105(84)104)80-52-57-97(92(64-80)110-114-106(71-27-8-4-9-28-71)112-107(115-110)72-29-10-5-11-30-72)118-95-55-49-77(75-35-22-25-68(2)59-75)61-89(95)90-62-78(50-56-96(90)118)76-36-23-26-69(3)60-76/h4-66H,1-3H3. The van der Waals surface area contributed by atoms with Crippen LogP contribution in [-0.2, 0) is 0 Å². The molecule has 0 spiro atoms. The van der Waals surface area contributed by atoms with E-state index in [2.05, 4.69) is 327 Å². The van der Waals surface area contributed by atoms with E-state index in [9.17, 15) is 0 Å². The van der Waals surface area contributed by atoms with E-state index in [0.29, 0.717) is 34.9 Å². The monoisotopic (exact) mass is 1550 g/mol. The first-order valence-corrected chi connectivity index (χ1v) is 40.9.